The maximum absolute atomic E-state index is 12.4. The lowest BCUT2D eigenvalue weighted by Crippen LogP contribution is -2.34. The molecular weight excluding hydrogens is 370 g/mol. The summed E-state index contributed by atoms with van der Waals surface area (Å²) in [5.74, 6) is 2.72. The molecule has 150 valence electrons. The van der Waals surface area contributed by atoms with Crippen molar-refractivity contribution in [2.75, 3.05) is 37.7 Å². The fraction of sp³-hybridized carbons (Fsp3) is 0.500. The molecule has 1 aromatic carbocycles. The molecule has 28 heavy (non-hydrogen) atoms. The van der Waals surface area contributed by atoms with E-state index in [2.05, 4.69) is 40.1 Å². The zero-order chi connectivity index (χ0) is 19.5. The van der Waals surface area contributed by atoms with E-state index >= 15 is 0 Å². The van der Waals surface area contributed by atoms with Gasteiger partial charge in [0, 0.05) is 63.0 Å². The number of benzene rings is 1. The van der Waals surface area contributed by atoms with Gasteiger partial charge >= 0.3 is 0 Å². The lowest BCUT2D eigenvalue weighted by atomic mass is 9.99. The number of rotatable bonds is 5. The van der Waals surface area contributed by atoms with Crippen molar-refractivity contribution in [2.45, 2.75) is 25.4 Å². The highest BCUT2D eigenvalue weighted by Crippen LogP contribution is 2.29. The Morgan fingerprint density at radius 1 is 1.07 bits per heavy atom. The van der Waals surface area contributed by atoms with E-state index in [1.807, 2.05) is 23.4 Å². The molecule has 3 heterocycles. The number of hydrogen-bond acceptors (Lipinski definition) is 5. The molecule has 2 aliphatic rings. The number of nitrogens with zero attached hydrogens (tertiary/aromatic N) is 3. The van der Waals surface area contributed by atoms with Crippen LogP contribution < -0.4 is 5.43 Å². The van der Waals surface area contributed by atoms with Gasteiger partial charge in [-0.05, 0) is 24.4 Å². The third-order valence-electron chi connectivity index (χ3n) is 6.05. The number of aromatic nitrogens is 1. The van der Waals surface area contributed by atoms with Crippen molar-refractivity contribution in [3.8, 4) is 5.75 Å². The van der Waals surface area contributed by atoms with E-state index < -0.39 is 0 Å². The first-order valence-electron chi connectivity index (χ1n) is 10.1. The zero-order valence-corrected chi connectivity index (χ0v) is 17.3. The minimum absolute atomic E-state index is 0.0939. The number of hydrogen-bond donors (Lipinski definition) is 1. The van der Waals surface area contributed by atoms with E-state index in [4.69, 9.17) is 0 Å². The Balaban J connectivity index is 1.50. The Morgan fingerprint density at radius 3 is 2.57 bits per heavy atom. The second-order valence-corrected chi connectivity index (χ2v) is 9.10. The number of aromatic hydroxyl groups is 1. The van der Waals surface area contributed by atoms with Gasteiger partial charge in [0.1, 0.15) is 0 Å². The molecule has 2 aliphatic heterocycles. The zero-order valence-electron chi connectivity index (χ0n) is 16.5. The number of likely N-dealkylation sites (tertiary alicyclic amines) is 1. The molecule has 0 unspecified atom stereocenters. The summed E-state index contributed by atoms with van der Waals surface area (Å²) in [6.45, 7) is 5.45. The normalized spacial score (nSPS) is 21.2. The quantitative estimate of drug-likeness (QED) is 0.838. The fourth-order valence-corrected chi connectivity index (χ4v) is 5.28. The lowest BCUT2D eigenvalue weighted by molar-refractivity contribution is 0.279. The van der Waals surface area contributed by atoms with Gasteiger partial charge in [-0.2, -0.15) is 11.8 Å². The molecule has 0 bridgehead atoms. The topological polar surface area (TPSA) is 48.7 Å². The smallest absolute Gasteiger partial charge is 0.223 e. The molecule has 0 saturated carbocycles. The van der Waals surface area contributed by atoms with Crippen molar-refractivity contribution in [1.29, 1.82) is 0 Å². The third kappa shape index (κ3) is 4.29. The van der Waals surface area contributed by atoms with Crippen LogP contribution in [0.25, 0.3) is 0 Å². The molecule has 6 heteroatoms. The van der Waals surface area contributed by atoms with Crippen molar-refractivity contribution in [3.63, 3.8) is 0 Å². The van der Waals surface area contributed by atoms with Gasteiger partial charge in [0.25, 0.3) is 0 Å². The van der Waals surface area contributed by atoms with Gasteiger partial charge in [0.15, 0.2) is 5.75 Å². The average Bonchev–Trinajstić information content (AvgIpc) is 3.19. The van der Waals surface area contributed by atoms with Crippen LogP contribution in [-0.4, -0.2) is 57.2 Å². The van der Waals surface area contributed by atoms with Gasteiger partial charge in [-0.25, -0.2) is 0 Å². The van der Waals surface area contributed by atoms with E-state index in [1.54, 1.807) is 6.07 Å². The van der Waals surface area contributed by atoms with E-state index in [0.29, 0.717) is 12.5 Å². The first kappa shape index (κ1) is 19.6. The van der Waals surface area contributed by atoms with Crippen LogP contribution in [0.1, 0.15) is 29.3 Å². The van der Waals surface area contributed by atoms with Gasteiger partial charge in [-0.15, -0.1) is 0 Å². The van der Waals surface area contributed by atoms with Crippen LogP contribution in [0.5, 0.6) is 5.75 Å². The molecule has 0 aliphatic carbocycles. The van der Waals surface area contributed by atoms with Crippen molar-refractivity contribution in [3.05, 3.63) is 63.6 Å². The molecule has 1 aromatic heterocycles. The Bertz CT molecular complexity index is 862. The predicted molar refractivity (Wildman–Crippen MR) is 115 cm³/mol. The van der Waals surface area contributed by atoms with Gasteiger partial charge in [-0.3, -0.25) is 14.6 Å². The number of pyridine rings is 1. The highest BCUT2D eigenvalue weighted by molar-refractivity contribution is 7.99. The van der Waals surface area contributed by atoms with Gasteiger partial charge in [-0.1, -0.05) is 30.3 Å². The predicted octanol–water partition coefficient (Wildman–Crippen LogP) is 2.63. The van der Waals surface area contributed by atoms with Crippen LogP contribution in [0.2, 0.25) is 0 Å². The largest absolute Gasteiger partial charge is 0.503 e. The number of thioether (sulfide) groups is 1. The third-order valence-corrected chi connectivity index (χ3v) is 6.99. The molecule has 2 aromatic rings. The van der Waals surface area contributed by atoms with Crippen molar-refractivity contribution >= 4 is 11.8 Å². The molecule has 4 rings (SSSR count). The molecular formula is C22H29N3O2S. The van der Waals surface area contributed by atoms with Crippen LogP contribution in [0.4, 0.5) is 0 Å². The van der Waals surface area contributed by atoms with E-state index in [0.717, 1.165) is 62.0 Å². The van der Waals surface area contributed by atoms with Gasteiger partial charge in [0.05, 0.1) is 5.69 Å². The molecule has 0 radical (unpaired) electrons. The molecule has 5 nitrogen and oxygen atoms in total. The summed E-state index contributed by atoms with van der Waals surface area (Å²) in [7, 11) is 1.98. The van der Waals surface area contributed by atoms with Crippen LogP contribution in [0.15, 0.2) is 41.2 Å². The Hall–Kier alpha value is -1.76. The Kier molecular flexibility index (Phi) is 6.09. The maximum atomic E-state index is 12.4. The van der Waals surface area contributed by atoms with Gasteiger partial charge in [0.2, 0.25) is 5.43 Å². The average molecular weight is 400 g/mol. The SMILES string of the molecule is Cn1c(CN2CCSCC2)cc(=O)c(O)c1CN1CC[C@@H](c2ccccc2)C1. The van der Waals surface area contributed by atoms with E-state index in [1.165, 1.54) is 5.56 Å². The molecule has 0 amide bonds. The minimum atomic E-state index is -0.256. The van der Waals surface area contributed by atoms with Crippen LogP contribution >= 0.6 is 11.8 Å². The molecule has 0 spiro atoms. The Morgan fingerprint density at radius 2 is 1.82 bits per heavy atom. The maximum Gasteiger partial charge on any atom is 0.223 e. The summed E-state index contributed by atoms with van der Waals surface area (Å²) < 4.78 is 2.04. The first-order valence-corrected chi connectivity index (χ1v) is 11.3. The summed E-state index contributed by atoms with van der Waals surface area (Å²) in [6, 6.07) is 12.2. The molecule has 1 atom stereocenters. The Labute approximate surface area is 171 Å². The molecule has 2 fully saturated rings. The first-order chi connectivity index (χ1) is 13.6. The summed E-state index contributed by atoms with van der Waals surface area (Å²) in [4.78, 5) is 17.2. The van der Waals surface area contributed by atoms with Crippen molar-refractivity contribution in [2.24, 2.45) is 7.05 Å². The highest BCUT2D eigenvalue weighted by Gasteiger charge is 2.26. The van der Waals surface area contributed by atoms with Crippen LogP contribution in [0.3, 0.4) is 0 Å². The standard InChI is InChI=1S/C22H29N3O2S/c1-23-19(15-24-9-11-28-12-10-24)13-21(26)22(27)20(23)16-25-8-7-18(14-25)17-5-3-2-4-6-17/h2-6,13,18,27H,7-12,14-16H2,1H3/t18-/m1/s1. The van der Waals surface area contributed by atoms with E-state index in [-0.39, 0.29) is 11.2 Å². The fourth-order valence-electron chi connectivity index (χ4n) is 4.30. The monoisotopic (exact) mass is 399 g/mol. The second kappa shape index (κ2) is 8.72. The highest BCUT2D eigenvalue weighted by atomic mass is 32.2. The van der Waals surface area contributed by atoms with Crippen molar-refractivity contribution in [1.82, 2.24) is 14.4 Å². The van der Waals surface area contributed by atoms with Gasteiger partial charge < -0.3 is 9.67 Å². The summed E-state index contributed by atoms with van der Waals surface area (Å²) in [6.07, 6.45) is 1.11. The van der Waals surface area contributed by atoms with Crippen molar-refractivity contribution < 1.29 is 5.11 Å². The minimum Gasteiger partial charge on any atom is -0.503 e. The summed E-state index contributed by atoms with van der Waals surface area (Å²) in [5.41, 5.74) is 2.85. The van der Waals surface area contributed by atoms with Crippen LogP contribution in [0, 0.1) is 0 Å². The summed E-state index contributed by atoms with van der Waals surface area (Å²) >= 11 is 1.98. The molecule has 2 saturated heterocycles. The van der Waals surface area contributed by atoms with E-state index in [9.17, 15) is 9.90 Å². The second-order valence-electron chi connectivity index (χ2n) is 7.87. The molecule has 1 N–H and O–H groups in total. The summed E-state index contributed by atoms with van der Waals surface area (Å²) in [5, 5.41) is 10.5. The van der Waals surface area contributed by atoms with Crippen LogP contribution in [-0.2, 0) is 20.1 Å². The lowest BCUT2D eigenvalue weighted by Gasteiger charge is -2.28.